The molecule has 1 unspecified atom stereocenters. The van der Waals surface area contributed by atoms with Crippen molar-refractivity contribution in [2.24, 2.45) is 0 Å². The van der Waals surface area contributed by atoms with Crippen molar-refractivity contribution in [1.29, 1.82) is 0 Å². The normalized spacial score (nSPS) is 22.9. The predicted octanol–water partition coefficient (Wildman–Crippen LogP) is 4.34. The van der Waals surface area contributed by atoms with Crippen LogP contribution in [0.4, 0.5) is 5.69 Å². The molecule has 6 rings (SSSR count). The molecule has 2 amide bonds. The average molecular weight is 466 g/mol. The lowest BCUT2D eigenvalue weighted by Crippen LogP contribution is -2.65. The summed E-state index contributed by atoms with van der Waals surface area (Å²) in [5.74, 6) is 0.972. The average Bonchev–Trinajstić information content (AvgIpc) is 3.42. The maximum atomic E-state index is 13.9. The fraction of sp³-hybridized carbons (Fsp3) is 0.440. The van der Waals surface area contributed by atoms with Gasteiger partial charge in [0.1, 0.15) is 29.3 Å². The molecule has 1 atom stereocenters. The molecule has 1 aliphatic carbocycles. The molecule has 0 spiro atoms. The number of carbonyl (C=O) groups is 2. The Kier molecular flexibility index (Phi) is 4.87. The van der Waals surface area contributed by atoms with E-state index in [1.165, 1.54) is 6.42 Å². The fourth-order valence-corrected chi connectivity index (χ4v) is 6.26. The number of nitrogens with zero attached hydrogens (tertiary/aromatic N) is 2. The molecule has 3 aromatic rings. The van der Waals surface area contributed by atoms with Gasteiger partial charge >= 0.3 is 0 Å². The number of hydrogen-bond donors (Lipinski definition) is 1. The lowest BCUT2D eigenvalue weighted by Gasteiger charge is -2.44. The Balaban J connectivity index is 1.44. The SMILES string of the molecule is CC1(C(=O)NC2CCCCC2)Cn2c(cc3ccsc32)C(=O)N1c1ccc2c(c1)OCCO2. The Morgan fingerprint density at radius 1 is 1.09 bits per heavy atom. The summed E-state index contributed by atoms with van der Waals surface area (Å²) < 4.78 is 13.5. The summed E-state index contributed by atoms with van der Waals surface area (Å²) in [5.41, 5.74) is 0.164. The van der Waals surface area contributed by atoms with Crippen molar-refractivity contribution in [3.8, 4) is 11.5 Å². The van der Waals surface area contributed by atoms with E-state index in [0.29, 0.717) is 42.6 Å². The molecular weight excluding hydrogens is 438 g/mol. The fourth-order valence-electron chi connectivity index (χ4n) is 5.36. The van der Waals surface area contributed by atoms with Gasteiger partial charge in [-0.05, 0) is 49.4 Å². The summed E-state index contributed by atoms with van der Waals surface area (Å²) in [7, 11) is 0. The van der Waals surface area contributed by atoms with E-state index in [0.717, 1.165) is 35.9 Å². The van der Waals surface area contributed by atoms with Crippen LogP contribution < -0.4 is 19.7 Å². The van der Waals surface area contributed by atoms with Crippen molar-refractivity contribution < 1.29 is 19.1 Å². The highest BCUT2D eigenvalue weighted by molar-refractivity contribution is 7.16. The van der Waals surface area contributed by atoms with Crippen LogP contribution in [0.2, 0.25) is 0 Å². The monoisotopic (exact) mass is 465 g/mol. The van der Waals surface area contributed by atoms with E-state index in [4.69, 9.17) is 9.47 Å². The minimum atomic E-state index is -1.08. The number of thiophene rings is 1. The first-order chi connectivity index (χ1) is 16.0. The summed E-state index contributed by atoms with van der Waals surface area (Å²) >= 11 is 1.60. The maximum absolute atomic E-state index is 13.9. The summed E-state index contributed by atoms with van der Waals surface area (Å²) in [4.78, 5) is 30.4. The summed E-state index contributed by atoms with van der Waals surface area (Å²) in [5, 5.41) is 6.33. The highest BCUT2D eigenvalue weighted by Gasteiger charge is 2.49. The summed E-state index contributed by atoms with van der Waals surface area (Å²) in [6.07, 6.45) is 5.45. The van der Waals surface area contributed by atoms with Crippen LogP contribution in [-0.4, -0.2) is 41.2 Å². The molecule has 4 heterocycles. The quantitative estimate of drug-likeness (QED) is 0.625. The number of anilines is 1. The molecular formula is C25H27N3O4S. The number of ether oxygens (including phenoxy) is 2. The summed E-state index contributed by atoms with van der Waals surface area (Å²) in [6.45, 7) is 3.23. The Labute approximate surface area is 196 Å². The van der Waals surface area contributed by atoms with Gasteiger partial charge in [0, 0.05) is 23.2 Å². The minimum Gasteiger partial charge on any atom is -0.486 e. The molecule has 33 heavy (non-hydrogen) atoms. The Morgan fingerprint density at radius 3 is 2.70 bits per heavy atom. The third-order valence-corrected chi connectivity index (χ3v) is 8.05. The van der Waals surface area contributed by atoms with E-state index in [-0.39, 0.29) is 17.9 Å². The second-order valence-electron chi connectivity index (χ2n) is 9.35. The second kappa shape index (κ2) is 7.80. The van der Waals surface area contributed by atoms with Gasteiger partial charge in [-0.1, -0.05) is 19.3 Å². The molecule has 8 heteroatoms. The molecule has 172 valence electrons. The minimum absolute atomic E-state index is 0.110. The van der Waals surface area contributed by atoms with Crippen LogP contribution in [0.1, 0.15) is 49.5 Å². The van der Waals surface area contributed by atoms with E-state index in [1.807, 2.05) is 47.2 Å². The van der Waals surface area contributed by atoms with Gasteiger partial charge in [0.05, 0.1) is 6.54 Å². The van der Waals surface area contributed by atoms with Gasteiger partial charge in [-0.2, -0.15) is 0 Å². The van der Waals surface area contributed by atoms with Gasteiger partial charge in [0.15, 0.2) is 11.5 Å². The largest absolute Gasteiger partial charge is 0.486 e. The van der Waals surface area contributed by atoms with Crippen molar-refractivity contribution in [2.45, 2.75) is 57.2 Å². The zero-order chi connectivity index (χ0) is 22.6. The van der Waals surface area contributed by atoms with Crippen LogP contribution in [-0.2, 0) is 11.3 Å². The maximum Gasteiger partial charge on any atom is 0.275 e. The summed E-state index contributed by atoms with van der Waals surface area (Å²) in [6, 6.07) is 9.60. The standard InChI is InChI=1S/C25H27N3O4S/c1-25(24(30)26-17-5-3-2-4-6-17)15-27-19(13-16-9-12-33-23(16)27)22(29)28(25)18-7-8-20-21(14-18)32-11-10-31-20/h7-9,12-14,17H,2-6,10-11,15H2,1H3,(H,26,30). The van der Waals surface area contributed by atoms with Crippen molar-refractivity contribution in [3.05, 3.63) is 41.4 Å². The van der Waals surface area contributed by atoms with Crippen LogP contribution >= 0.6 is 11.3 Å². The van der Waals surface area contributed by atoms with Crippen molar-refractivity contribution in [3.63, 3.8) is 0 Å². The third kappa shape index (κ3) is 3.30. The molecule has 1 saturated carbocycles. The van der Waals surface area contributed by atoms with Crippen molar-refractivity contribution in [1.82, 2.24) is 9.88 Å². The lowest BCUT2D eigenvalue weighted by molar-refractivity contribution is -0.127. The van der Waals surface area contributed by atoms with Gasteiger partial charge in [-0.25, -0.2) is 0 Å². The first-order valence-corrected chi connectivity index (χ1v) is 12.5. The van der Waals surface area contributed by atoms with E-state index in [9.17, 15) is 9.59 Å². The molecule has 2 aromatic heterocycles. The predicted molar refractivity (Wildman–Crippen MR) is 127 cm³/mol. The van der Waals surface area contributed by atoms with E-state index < -0.39 is 5.54 Å². The van der Waals surface area contributed by atoms with E-state index >= 15 is 0 Å². The Hall–Kier alpha value is -3.00. The number of benzene rings is 1. The molecule has 3 aliphatic rings. The lowest BCUT2D eigenvalue weighted by atomic mass is 9.91. The number of aromatic nitrogens is 1. The third-order valence-electron chi connectivity index (χ3n) is 7.10. The van der Waals surface area contributed by atoms with E-state index in [2.05, 4.69) is 5.32 Å². The van der Waals surface area contributed by atoms with Crippen LogP contribution in [0, 0.1) is 0 Å². The number of carbonyl (C=O) groups excluding carboxylic acids is 2. The Bertz CT molecular complexity index is 1240. The smallest absolute Gasteiger partial charge is 0.275 e. The number of nitrogens with one attached hydrogen (secondary N) is 1. The molecule has 2 aliphatic heterocycles. The number of rotatable bonds is 3. The highest BCUT2D eigenvalue weighted by atomic mass is 32.1. The molecule has 7 nitrogen and oxygen atoms in total. The number of hydrogen-bond acceptors (Lipinski definition) is 5. The van der Waals surface area contributed by atoms with Crippen LogP contribution in [0.25, 0.3) is 10.2 Å². The van der Waals surface area contributed by atoms with Crippen molar-refractivity contribution >= 4 is 39.1 Å². The number of amides is 2. The first kappa shape index (κ1) is 20.6. The number of fused-ring (bicyclic) bond motifs is 4. The van der Waals surface area contributed by atoms with Gasteiger partial charge < -0.3 is 19.4 Å². The first-order valence-electron chi connectivity index (χ1n) is 11.7. The van der Waals surface area contributed by atoms with Gasteiger partial charge in [-0.3, -0.25) is 14.5 Å². The molecule has 0 bridgehead atoms. The molecule has 1 fully saturated rings. The van der Waals surface area contributed by atoms with E-state index in [1.54, 1.807) is 16.2 Å². The van der Waals surface area contributed by atoms with Crippen molar-refractivity contribution in [2.75, 3.05) is 18.1 Å². The molecule has 0 radical (unpaired) electrons. The molecule has 1 N–H and O–H groups in total. The highest BCUT2D eigenvalue weighted by Crippen LogP contribution is 2.41. The second-order valence-corrected chi connectivity index (χ2v) is 10.2. The molecule has 0 saturated heterocycles. The topological polar surface area (TPSA) is 72.8 Å². The van der Waals surface area contributed by atoms with Gasteiger partial charge in [0.25, 0.3) is 5.91 Å². The Morgan fingerprint density at radius 2 is 1.88 bits per heavy atom. The van der Waals surface area contributed by atoms with Gasteiger partial charge in [-0.15, -0.1) is 11.3 Å². The van der Waals surface area contributed by atoms with Crippen LogP contribution in [0.3, 0.4) is 0 Å². The van der Waals surface area contributed by atoms with Crippen LogP contribution in [0.5, 0.6) is 11.5 Å². The zero-order valence-corrected chi connectivity index (χ0v) is 19.5. The molecule has 1 aromatic carbocycles. The van der Waals surface area contributed by atoms with Gasteiger partial charge in [0.2, 0.25) is 5.91 Å². The van der Waals surface area contributed by atoms with Crippen LogP contribution in [0.15, 0.2) is 35.7 Å². The zero-order valence-electron chi connectivity index (χ0n) is 18.6.